The Morgan fingerprint density at radius 1 is 1.19 bits per heavy atom. The van der Waals surface area contributed by atoms with E-state index in [1.165, 1.54) is 11.1 Å². The lowest BCUT2D eigenvalue weighted by Crippen LogP contribution is -2.18. The number of nitrogens with one attached hydrogen (secondary N) is 1. The standard InChI is InChI=1S/C13H17NO2/c1-8-9(2)16-10(3)12(8)13(14-4)11-6-5-7-15-11/h5-7,13-14H,1-4H3. The molecule has 16 heavy (non-hydrogen) atoms. The molecular formula is C13H17NO2. The van der Waals surface area contributed by atoms with Gasteiger partial charge in [-0.3, -0.25) is 0 Å². The Morgan fingerprint density at radius 2 is 1.94 bits per heavy atom. The second-order valence-corrected chi connectivity index (χ2v) is 3.99. The first-order valence-electron chi connectivity index (χ1n) is 5.42. The van der Waals surface area contributed by atoms with E-state index in [2.05, 4.69) is 12.2 Å². The lowest BCUT2D eigenvalue weighted by molar-refractivity contribution is 0.452. The van der Waals surface area contributed by atoms with Crippen molar-refractivity contribution in [1.82, 2.24) is 5.32 Å². The third-order valence-electron chi connectivity index (χ3n) is 3.02. The van der Waals surface area contributed by atoms with Crippen LogP contribution >= 0.6 is 0 Å². The molecule has 0 aliphatic heterocycles. The van der Waals surface area contributed by atoms with Gasteiger partial charge in [0.1, 0.15) is 17.3 Å². The Hall–Kier alpha value is -1.48. The van der Waals surface area contributed by atoms with Crippen LogP contribution in [-0.2, 0) is 0 Å². The van der Waals surface area contributed by atoms with Crippen molar-refractivity contribution < 1.29 is 8.83 Å². The van der Waals surface area contributed by atoms with Crippen LogP contribution in [0.4, 0.5) is 0 Å². The molecule has 0 aliphatic carbocycles. The molecule has 1 N–H and O–H groups in total. The van der Waals surface area contributed by atoms with Gasteiger partial charge in [-0.15, -0.1) is 0 Å². The van der Waals surface area contributed by atoms with E-state index in [4.69, 9.17) is 8.83 Å². The number of hydrogen-bond acceptors (Lipinski definition) is 3. The van der Waals surface area contributed by atoms with Crippen LogP contribution in [0.2, 0.25) is 0 Å². The Kier molecular flexibility index (Phi) is 2.88. The van der Waals surface area contributed by atoms with Crippen LogP contribution in [0, 0.1) is 20.8 Å². The maximum absolute atomic E-state index is 5.64. The lowest BCUT2D eigenvalue weighted by Gasteiger charge is -2.14. The molecule has 1 atom stereocenters. The molecule has 0 saturated carbocycles. The molecule has 86 valence electrons. The van der Waals surface area contributed by atoms with Crippen molar-refractivity contribution in [1.29, 1.82) is 0 Å². The van der Waals surface area contributed by atoms with E-state index in [1.54, 1.807) is 6.26 Å². The summed E-state index contributed by atoms with van der Waals surface area (Å²) >= 11 is 0. The first-order chi connectivity index (χ1) is 7.65. The molecule has 0 spiro atoms. The minimum atomic E-state index is 0.0625. The van der Waals surface area contributed by atoms with Crippen LogP contribution < -0.4 is 5.32 Å². The van der Waals surface area contributed by atoms with Crippen LogP contribution in [0.25, 0.3) is 0 Å². The van der Waals surface area contributed by atoms with Crippen LogP contribution in [0.3, 0.4) is 0 Å². The van der Waals surface area contributed by atoms with Gasteiger partial charge in [-0.1, -0.05) is 0 Å². The van der Waals surface area contributed by atoms with Crippen molar-refractivity contribution in [3.63, 3.8) is 0 Å². The zero-order valence-corrected chi connectivity index (χ0v) is 10.1. The van der Waals surface area contributed by atoms with Gasteiger partial charge in [0.25, 0.3) is 0 Å². The third kappa shape index (κ3) is 1.67. The highest BCUT2D eigenvalue weighted by atomic mass is 16.3. The van der Waals surface area contributed by atoms with Crippen molar-refractivity contribution in [2.24, 2.45) is 0 Å². The van der Waals surface area contributed by atoms with Crippen LogP contribution in [0.5, 0.6) is 0 Å². The number of hydrogen-bond donors (Lipinski definition) is 1. The topological polar surface area (TPSA) is 38.3 Å². The molecule has 3 nitrogen and oxygen atoms in total. The van der Waals surface area contributed by atoms with Gasteiger partial charge in [-0.25, -0.2) is 0 Å². The van der Waals surface area contributed by atoms with E-state index in [0.717, 1.165) is 17.3 Å². The molecule has 0 bridgehead atoms. The van der Waals surface area contributed by atoms with Gasteiger partial charge in [0.05, 0.1) is 12.3 Å². The van der Waals surface area contributed by atoms with Crippen molar-refractivity contribution >= 4 is 0 Å². The van der Waals surface area contributed by atoms with Crippen molar-refractivity contribution in [2.75, 3.05) is 7.05 Å². The summed E-state index contributed by atoms with van der Waals surface area (Å²) in [5.41, 5.74) is 2.36. The first kappa shape index (κ1) is 11.0. The molecule has 0 aliphatic rings. The summed E-state index contributed by atoms with van der Waals surface area (Å²) < 4.78 is 11.1. The monoisotopic (exact) mass is 219 g/mol. The average Bonchev–Trinajstić information content (AvgIpc) is 2.84. The van der Waals surface area contributed by atoms with E-state index >= 15 is 0 Å². The fourth-order valence-corrected chi connectivity index (χ4v) is 2.12. The summed E-state index contributed by atoms with van der Waals surface area (Å²) in [5, 5.41) is 3.26. The molecule has 2 aromatic rings. The molecule has 0 saturated heterocycles. The number of furan rings is 2. The van der Waals surface area contributed by atoms with Crippen LogP contribution in [0.1, 0.15) is 34.4 Å². The van der Waals surface area contributed by atoms with E-state index in [1.807, 2.05) is 33.0 Å². The zero-order valence-electron chi connectivity index (χ0n) is 10.1. The molecule has 0 fully saturated rings. The minimum Gasteiger partial charge on any atom is -0.467 e. The Bertz CT molecular complexity index is 468. The highest BCUT2D eigenvalue weighted by Gasteiger charge is 2.22. The predicted molar refractivity (Wildman–Crippen MR) is 62.5 cm³/mol. The zero-order chi connectivity index (χ0) is 11.7. The number of rotatable bonds is 3. The molecule has 2 aromatic heterocycles. The molecule has 0 aromatic carbocycles. The highest BCUT2D eigenvalue weighted by Crippen LogP contribution is 2.31. The van der Waals surface area contributed by atoms with Crippen molar-refractivity contribution in [2.45, 2.75) is 26.8 Å². The van der Waals surface area contributed by atoms with E-state index < -0.39 is 0 Å². The maximum atomic E-state index is 5.64. The molecular weight excluding hydrogens is 202 g/mol. The van der Waals surface area contributed by atoms with Gasteiger partial charge in [0.2, 0.25) is 0 Å². The molecule has 1 unspecified atom stereocenters. The van der Waals surface area contributed by atoms with Crippen LogP contribution in [-0.4, -0.2) is 7.05 Å². The van der Waals surface area contributed by atoms with Gasteiger partial charge in [0, 0.05) is 5.56 Å². The van der Waals surface area contributed by atoms with Crippen molar-refractivity contribution in [3.8, 4) is 0 Å². The quantitative estimate of drug-likeness (QED) is 0.862. The van der Waals surface area contributed by atoms with E-state index in [0.29, 0.717) is 0 Å². The first-order valence-corrected chi connectivity index (χ1v) is 5.42. The second kappa shape index (κ2) is 4.18. The van der Waals surface area contributed by atoms with Gasteiger partial charge in [0.15, 0.2) is 0 Å². The lowest BCUT2D eigenvalue weighted by atomic mass is 10.0. The van der Waals surface area contributed by atoms with Gasteiger partial charge in [-0.2, -0.15) is 0 Å². The van der Waals surface area contributed by atoms with Crippen LogP contribution in [0.15, 0.2) is 27.2 Å². The molecule has 0 amide bonds. The summed E-state index contributed by atoms with van der Waals surface area (Å²) in [7, 11) is 1.92. The van der Waals surface area contributed by atoms with Gasteiger partial charge >= 0.3 is 0 Å². The molecule has 2 rings (SSSR count). The van der Waals surface area contributed by atoms with Gasteiger partial charge in [-0.05, 0) is 45.5 Å². The molecule has 3 heteroatoms. The summed E-state index contributed by atoms with van der Waals surface area (Å²) in [6.45, 7) is 6.05. The van der Waals surface area contributed by atoms with Crippen molar-refractivity contribution in [3.05, 3.63) is 46.8 Å². The second-order valence-electron chi connectivity index (χ2n) is 3.99. The predicted octanol–water partition coefficient (Wildman–Crippen LogP) is 3.11. The summed E-state index contributed by atoms with van der Waals surface area (Å²) in [6.07, 6.45) is 1.69. The smallest absolute Gasteiger partial charge is 0.125 e. The molecule has 0 radical (unpaired) electrons. The Labute approximate surface area is 95.5 Å². The van der Waals surface area contributed by atoms with Gasteiger partial charge < -0.3 is 14.2 Å². The Balaban J connectivity index is 2.49. The Morgan fingerprint density at radius 3 is 2.38 bits per heavy atom. The molecule has 2 heterocycles. The number of aryl methyl sites for hydroxylation is 2. The third-order valence-corrected chi connectivity index (χ3v) is 3.02. The summed E-state index contributed by atoms with van der Waals surface area (Å²) in [4.78, 5) is 0. The highest BCUT2D eigenvalue weighted by molar-refractivity contribution is 5.38. The fraction of sp³-hybridized carbons (Fsp3) is 0.385. The largest absolute Gasteiger partial charge is 0.467 e. The summed E-state index contributed by atoms with van der Waals surface area (Å²) in [5.74, 6) is 2.83. The summed E-state index contributed by atoms with van der Waals surface area (Å²) in [6, 6.07) is 3.94. The normalized spacial score (nSPS) is 13.0. The fourth-order valence-electron chi connectivity index (χ4n) is 2.12. The van der Waals surface area contributed by atoms with E-state index in [9.17, 15) is 0 Å². The van der Waals surface area contributed by atoms with E-state index in [-0.39, 0.29) is 6.04 Å². The minimum absolute atomic E-state index is 0.0625. The SMILES string of the molecule is CNC(c1ccco1)c1c(C)oc(C)c1C. The maximum Gasteiger partial charge on any atom is 0.125 e. The average molecular weight is 219 g/mol.